The van der Waals surface area contributed by atoms with Gasteiger partial charge in [-0.15, -0.1) is 10.2 Å². The van der Waals surface area contributed by atoms with E-state index in [1.807, 2.05) is 5.10 Å². The van der Waals surface area contributed by atoms with Crippen LogP contribution in [0, 0.1) is 0 Å². The van der Waals surface area contributed by atoms with Crippen molar-refractivity contribution in [2.75, 3.05) is 0 Å². The summed E-state index contributed by atoms with van der Waals surface area (Å²) in [6.07, 6.45) is -4.90. The molecule has 0 unspecified atom stereocenters. The highest BCUT2D eigenvalue weighted by Crippen LogP contribution is 2.34. The zero-order valence-electron chi connectivity index (χ0n) is 13.4. The number of rotatable bonds is 4. The second-order valence-electron chi connectivity index (χ2n) is 5.31. The number of carbonyl (C=O) groups excluding carboxylic acids is 1. The molecule has 7 nitrogen and oxygen atoms in total. The van der Waals surface area contributed by atoms with E-state index in [4.69, 9.17) is 0 Å². The molecule has 3 aromatic rings. The van der Waals surface area contributed by atoms with Crippen molar-refractivity contribution in [3.05, 3.63) is 76.2 Å². The predicted molar refractivity (Wildman–Crippen MR) is 86.3 cm³/mol. The van der Waals surface area contributed by atoms with Crippen LogP contribution in [0.15, 0.2) is 69.6 Å². The van der Waals surface area contributed by atoms with Crippen molar-refractivity contribution < 1.29 is 23.1 Å². The normalized spacial score (nSPS) is 11.8. The van der Waals surface area contributed by atoms with Crippen LogP contribution in [-0.4, -0.2) is 15.7 Å². The highest BCUT2D eigenvalue weighted by atomic mass is 19.4. The molecule has 0 amide bonds. The van der Waals surface area contributed by atoms with Crippen LogP contribution < -0.4 is 10.7 Å². The average Bonchev–Trinajstić information content (AvgIpc) is 2.97. The van der Waals surface area contributed by atoms with E-state index in [0.29, 0.717) is 4.68 Å². The summed E-state index contributed by atoms with van der Waals surface area (Å²) in [6, 6.07) is 12.8. The molecule has 0 radical (unpaired) electrons. The number of carboxylic acid groups (broad SMARTS) is 1. The number of nitrogens with one attached hydrogen (secondary N) is 1. The number of aromatic amines is 1. The summed E-state index contributed by atoms with van der Waals surface area (Å²) >= 11 is 0. The van der Waals surface area contributed by atoms with E-state index in [1.165, 1.54) is 30.3 Å². The van der Waals surface area contributed by atoms with Gasteiger partial charge in [0.2, 0.25) is 0 Å². The average molecular weight is 375 g/mol. The number of para-hydroxylation sites is 1. The van der Waals surface area contributed by atoms with E-state index in [2.05, 4.69) is 10.2 Å². The minimum atomic E-state index is -4.90. The molecule has 27 heavy (non-hydrogen) atoms. The van der Waals surface area contributed by atoms with Gasteiger partial charge < -0.3 is 9.90 Å². The molecule has 0 atom stereocenters. The highest BCUT2D eigenvalue weighted by Gasteiger charge is 2.38. The minimum absolute atomic E-state index is 0.171. The van der Waals surface area contributed by atoms with Crippen LogP contribution >= 0.6 is 0 Å². The molecule has 10 heteroatoms. The Kier molecular flexibility index (Phi) is 4.63. The fraction of sp³-hybridized carbons (Fsp3) is 0.0588. The van der Waals surface area contributed by atoms with Gasteiger partial charge >= 0.3 is 6.18 Å². The Morgan fingerprint density at radius 3 is 2.26 bits per heavy atom. The number of carboxylic acids is 1. The lowest BCUT2D eigenvalue weighted by atomic mass is 10.2. The zero-order chi connectivity index (χ0) is 19.6. The fourth-order valence-corrected chi connectivity index (χ4v) is 2.31. The molecule has 0 saturated heterocycles. The number of nitrogens with zero attached hydrogens (tertiary/aromatic N) is 3. The molecule has 1 heterocycles. The maximum absolute atomic E-state index is 13.3. The quantitative estimate of drug-likeness (QED) is 0.709. The van der Waals surface area contributed by atoms with Crippen LogP contribution in [0.1, 0.15) is 16.1 Å². The standard InChI is InChI=1S/C17H11F3N4O3/c18-17(19,20)14-13(15(25)24(23-14)10-6-2-1-3-7-10)22-21-12-9-5-4-8-11(12)16(26)27/h1-9,23H,(H,26,27)/p-1. The van der Waals surface area contributed by atoms with E-state index in [0.717, 1.165) is 6.07 Å². The first-order valence-corrected chi connectivity index (χ1v) is 7.49. The Morgan fingerprint density at radius 2 is 1.63 bits per heavy atom. The van der Waals surface area contributed by atoms with Crippen molar-refractivity contribution in [1.29, 1.82) is 0 Å². The Hall–Kier alpha value is -3.69. The predicted octanol–water partition coefficient (Wildman–Crippen LogP) is 2.96. The first-order valence-electron chi connectivity index (χ1n) is 7.49. The van der Waals surface area contributed by atoms with Gasteiger partial charge in [-0.25, -0.2) is 4.68 Å². The molecule has 0 aliphatic carbocycles. The fourth-order valence-electron chi connectivity index (χ4n) is 2.31. The van der Waals surface area contributed by atoms with Crippen LogP contribution in [0.5, 0.6) is 0 Å². The van der Waals surface area contributed by atoms with Crippen LogP contribution in [0.4, 0.5) is 24.5 Å². The van der Waals surface area contributed by atoms with Gasteiger partial charge in [-0.05, 0) is 18.2 Å². The smallest absolute Gasteiger partial charge is 0.435 e. The second kappa shape index (κ2) is 6.90. The summed E-state index contributed by atoms with van der Waals surface area (Å²) in [5.74, 6) is -1.57. The van der Waals surface area contributed by atoms with Gasteiger partial charge in [0, 0.05) is 5.56 Å². The molecule has 0 aliphatic rings. The molecular formula is C17H10F3N4O3-. The Balaban J connectivity index is 2.14. The number of benzene rings is 2. The van der Waals surface area contributed by atoms with Gasteiger partial charge in [-0.3, -0.25) is 9.89 Å². The number of hydrogen-bond acceptors (Lipinski definition) is 5. The second-order valence-corrected chi connectivity index (χ2v) is 5.31. The SMILES string of the molecule is O=C([O-])c1ccccc1N=Nc1c(C(F)(F)F)[nH]n(-c2ccccc2)c1=O. The van der Waals surface area contributed by atoms with Gasteiger partial charge in [0.1, 0.15) is 0 Å². The zero-order valence-corrected chi connectivity index (χ0v) is 13.4. The van der Waals surface area contributed by atoms with E-state index in [-0.39, 0.29) is 16.9 Å². The molecule has 2 aromatic carbocycles. The Labute approximate surface area is 149 Å². The van der Waals surface area contributed by atoms with E-state index >= 15 is 0 Å². The molecule has 138 valence electrons. The third kappa shape index (κ3) is 3.64. The molecule has 1 N–H and O–H groups in total. The number of aromatic nitrogens is 2. The first-order chi connectivity index (χ1) is 12.8. The lowest BCUT2D eigenvalue weighted by Crippen LogP contribution is -2.22. The Morgan fingerprint density at radius 1 is 1.00 bits per heavy atom. The highest BCUT2D eigenvalue weighted by molar-refractivity contribution is 5.91. The van der Waals surface area contributed by atoms with E-state index < -0.39 is 29.1 Å². The number of hydrogen-bond donors (Lipinski definition) is 1. The Bertz CT molecular complexity index is 1070. The topological polar surface area (TPSA) is 103 Å². The van der Waals surface area contributed by atoms with E-state index in [1.54, 1.807) is 18.2 Å². The van der Waals surface area contributed by atoms with Gasteiger partial charge in [0.15, 0.2) is 11.4 Å². The number of alkyl halides is 3. The molecular weight excluding hydrogens is 365 g/mol. The summed E-state index contributed by atoms with van der Waals surface area (Å²) in [6.45, 7) is 0. The van der Waals surface area contributed by atoms with Crippen LogP contribution in [0.3, 0.4) is 0 Å². The number of azo groups is 1. The molecule has 0 fully saturated rings. The van der Waals surface area contributed by atoms with Gasteiger partial charge in [0.25, 0.3) is 5.56 Å². The molecule has 0 bridgehead atoms. The maximum Gasteiger partial charge on any atom is 0.435 e. The summed E-state index contributed by atoms with van der Waals surface area (Å²) in [5, 5.41) is 19.9. The van der Waals surface area contributed by atoms with Crippen molar-refractivity contribution in [3.8, 4) is 5.69 Å². The molecule has 0 saturated carbocycles. The minimum Gasteiger partial charge on any atom is -0.545 e. The van der Waals surface area contributed by atoms with Crippen LogP contribution in [-0.2, 0) is 6.18 Å². The monoisotopic (exact) mass is 375 g/mol. The van der Waals surface area contributed by atoms with Crippen LogP contribution in [0.25, 0.3) is 5.69 Å². The van der Waals surface area contributed by atoms with Crippen molar-refractivity contribution in [1.82, 2.24) is 9.78 Å². The summed E-state index contributed by atoms with van der Waals surface area (Å²) in [4.78, 5) is 23.5. The van der Waals surface area contributed by atoms with Crippen molar-refractivity contribution in [2.24, 2.45) is 10.2 Å². The van der Waals surface area contributed by atoms with Gasteiger partial charge in [-0.2, -0.15) is 13.2 Å². The molecule has 0 spiro atoms. The lowest BCUT2D eigenvalue weighted by molar-refractivity contribution is -0.254. The third-order valence-electron chi connectivity index (χ3n) is 3.55. The summed E-state index contributed by atoms with van der Waals surface area (Å²) < 4.78 is 40.6. The van der Waals surface area contributed by atoms with Crippen molar-refractivity contribution >= 4 is 17.3 Å². The number of H-pyrrole nitrogens is 1. The van der Waals surface area contributed by atoms with Crippen molar-refractivity contribution in [2.45, 2.75) is 6.18 Å². The summed E-state index contributed by atoms with van der Waals surface area (Å²) in [5.41, 5.74) is -3.90. The van der Waals surface area contributed by atoms with Gasteiger partial charge in [0.05, 0.1) is 17.3 Å². The number of aromatic carboxylic acids is 1. The maximum atomic E-state index is 13.3. The molecule has 0 aliphatic heterocycles. The van der Waals surface area contributed by atoms with E-state index in [9.17, 15) is 27.9 Å². The molecule has 3 rings (SSSR count). The van der Waals surface area contributed by atoms with Crippen LogP contribution in [0.2, 0.25) is 0 Å². The van der Waals surface area contributed by atoms with Crippen molar-refractivity contribution in [3.63, 3.8) is 0 Å². The van der Waals surface area contributed by atoms with Gasteiger partial charge in [-0.1, -0.05) is 36.4 Å². The largest absolute Gasteiger partial charge is 0.545 e. The first kappa shape index (κ1) is 18.1. The number of halogens is 3. The lowest BCUT2D eigenvalue weighted by Gasteiger charge is -2.05. The third-order valence-corrected chi connectivity index (χ3v) is 3.55. The number of carbonyl (C=O) groups is 1. The molecule has 1 aromatic heterocycles. The summed E-state index contributed by atoms with van der Waals surface area (Å²) in [7, 11) is 0.